The zero-order chi connectivity index (χ0) is 14.3. The van der Waals surface area contributed by atoms with Crippen LogP contribution in [0.25, 0.3) is 0 Å². The highest BCUT2D eigenvalue weighted by Crippen LogP contribution is 2.33. The lowest BCUT2D eigenvalue weighted by Crippen LogP contribution is -2.56. The summed E-state index contributed by atoms with van der Waals surface area (Å²) < 4.78 is 5.58. The minimum atomic E-state index is -0.740. The number of rotatable bonds is 7. The van der Waals surface area contributed by atoms with Crippen molar-refractivity contribution in [3.8, 4) is 0 Å². The summed E-state index contributed by atoms with van der Waals surface area (Å²) in [6, 6.07) is 0. The van der Waals surface area contributed by atoms with E-state index in [9.17, 15) is 4.79 Å². The SMILES string of the molecule is CCCCCCC(C)OC(=O)C1(N)CCCCC1C. The lowest BCUT2D eigenvalue weighted by atomic mass is 9.74. The van der Waals surface area contributed by atoms with Gasteiger partial charge in [-0.15, -0.1) is 0 Å². The van der Waals surface area contributed by atoms with Crippen LogP contribution < -0.4 is 5.73 Å². The van der Waals surface area contributed by atoms with Crippen LogP contribution in [0.2, 0.25) is 0 Å². The van der Waals surface area contributed by atoms with Crippen LogP contribution in [0.5, 0.6) is 0 Å². The number of carbonyl (C=O) groups is 1. The fourth-order valence-corrected chi connectivity index (χ4v) is 2.89. The summed E-state index contributed by atoms with van der Waals surface area (Å²) in [7, 11) is 0. The Hall–Kier alpha value is -0.570. The van der Waals surface area contributed by atoms with Gasteiger partial charge in [-0.25, -0.2) is 0 Å². The highest BCUT2D eigenvalue weighted by atomic mass is 16.5. The largest absolute Gasteiger partial charge is 0.461 e. The summed E-state index contributed by atoms with van der Waals surface area (Å²) in [6.07, 6.45) is 9.84. The Balaban J connectivity index is 2.36. The van der Waals surface area contributed by atoms with Gasteiger partial charge >= 0.3 is 5.97 Å². The zero-order valence-electron chi connectivity index (χ0n) is 12.9. The fourth-order valence-electron chi connectivity index (χ4n) is 2.89. The predicted molar refractivity (Wildman–Crippen MR) is 78.9 cm³/mol. The molecule has 0 aromatic carbocycles. The van der Waals surface area contributed by atoms with E-state index in [0.29, 0.717) is 0 Å². The van der Waals surface area contributed by atoms with Gasteiger partial charge in [-0.05, 0) is 38.5 Å². The zero-order valence-corrected chi connectivity index (χ0v) is 12.9. The van der Waals surface area contributed by atoms with Gasteiger partial charge in [0.25, 0.3) is 0 Å². The van der Waals surface area contributed by atoms with Gasteiger partial charge in [-0.1, -0.05) is 46.0 Å². The Morgan fingerprint density at radius 3 is 2.74 bits per heavy atom. The molecule has 3 heteroatoms. The fraction of sp³-hybridized carbons (Fsp3) is 0.938. The standard InChI is InChI=1S/C16H31NO2/c1-4-5-6-7-11-14(3)19-15(18)16(17)12-9-8-10-13(16)2/h13-14H,4-12,17H2,1-3H3. The lowest BCUT2D eigenvalue weighted by molar-refractivity contribution is -0.158. The Kier molecular flexibility index (Phi) is 6.84. The van der Waals surface area contributed by atoms with Crippen LogP contribution in [0, 0.1) is 5.92 Å². The summed E-state index contributed by atoms with van der Waals surface area (Å²) in [5.74, 6) is 0.0590. The topological polar surface area (TPSA) is 52.3 Å². The third kappa shape index (κ3) is 4.79. The van der Waals surface area contributed by atoms with E-state index in [-0.39, 0.29) is 18.0 Å². The molecule has 0 spiro atoms. The van der Waals surface area contributed by atoms with Crippen LogP contribution >= 0.6 is 0 Å². The van der Waals surface area contributed by atoms with Crippen LogP contribution in [0.15, 0.2) is 0 Å². The van der Waals surface area contributed by atoms with Crippen molar-refractivity contribution in [1.82, 2.24) is 0 Å². The van der Waals surface area contributed by atoms with Crippen molar-refractivity contribution < 1.29 is 9.53 Å². The molecule has 0 aromatic heterocycles. The molecule has 0 radical (unpaired) electrons. The summed E-state index contributed by atoms with van der Waals surface area (Å²) in [6.45, 7) is 6.26. The molecule has 3 nitrogen and oxygen atoms in total. The Morgan fingerprint density at radius 2 is 2.11 bits per heavy atom. The average molecular weight is 269 g/mol. The normalized spacial score (nSPS) is 28.9. The molecule has 112 valence electrons. The number of hydrogen-bond donors (Lipinski definition) is 1. The Morgan fingerprint density at radius 1 is 1.37 bits per heavy atom. The molecule has 0 amide bonds. The molecule has 1 fully saturated rings. The van der Waals surface area contributed by atoms with Crippen molar-refractivity contribution in [3.05, 3.63) is 0 Å². The van der Waals surface area contributed by atoms with E-state index in [1.807, 2.05) is 6.92 Å². The van der Waals surface area contributed by atoms with Crippen LogP contribution in [0.3, 0.4) is 0 Å². The van der Waals surface area contributed by atoms with E-state index in [4.69, 9.17) is 10.5 Å². The second-order valence-electron chi connectivity index (χ2n) is 6.25. The third-order valence-electron chi connectivity index (χ3n) is 4.51. The Labute approximate surface area is 118 Å². The smallest absolute Gasteiger partial charge is 0.326 e. The highest BCUT2D eigenvalue weighted by molar-refractivity contribution is 5.81. The molecule has 0 aromatic rings. The van der Waals surface area contributed by atoms with Crippen LogP contribution in [0.1, 0.15) is 78.6 Å². The molecule has 2 N–H and O–H groups in total. The van der Waals surface area contributed by atoms with Gasteiger partial charge in [-0.3, -0.25) is 4.79 Å². The van der Waals surface area contributed by atoms with Gasteiger partial charge in [0.05, 0.1) is 6.10 Å². The van der Waals surface area contributed by atoms with Crippen molar-refractivity contribution in [2.45, 2.75) is 90.2 Å². The van der Waals surface area contributed by atoms with Crippen molar-refractivity contribution in [3.63, 3.8) is 0 Å². The predicted octanol–water partition coefficient (Wildman–Crippen LogP) is 3.80. The van der Waals surface area contributed by atoms with Crippen molar-refractivity contribution in [1.29, 1.82) is 0 Å². The van der Waals surface area contributed by atoms with Crippen molar-refractivity contribution >= 4 is 5.97 Å². The average Bonchev–Trinajstić information content (AvgIpc) is 2.38. The van der Waals surface area contributed by atoms with E-state index in [1.165, 1.54) is 25.7 Å². The molecule has 1 aliphatic carbocycles. The number of unbranched alkanes of at least 4 members (excludes halogenated alkanes) is 3. The number of ether oxygens (including phenoxy) is 1. The van der Waals surface area contributed by atoms with Gasteiger partial charge in [-0.2, -0.15) is 0 Å². The second-order valence-corrected chi connectivity index (χ2v) is 6.25. The van der Waals surface area contributed by atoms with E-state index in [0.717, 1.165) is 32.1 Å². The third-order valence-corrected chi connectivity index (χ3v) is 4.51. The molecule has 0 bridgehead atoms. The highest BCUT2D eigenvalue weighted by Gasteiger charge is 2.43. The molecule has 1 aliphatic rings. The molecule has 1 saturated carbocycles. The minimum absolute atomic E-state index is 0.00101. The van der Waals surface area contributed by atoms with Crippen LogP contribution in [-0.2, 0) is 9.53 Å². The summed E-state index contributed by atoms with van der Waals surface area (Å²) in [5, 5.41) is 0. The molecule has 3 atom stereocenters. The van der Waals surface area contributed by atoms with Gasteiger partial charge in [0, 0.05) is 0 Å². The molecule has 0 heterocycles. The van der Waals surface area contributed by atoms with E-state index in [1.54, 1.807) is 0 Å². The maximum absolute atomic E-state index is 12.3. The molecular weight excluding hydrogens is 238 g/mol. The van der Waals surface area contributed by atoms with Gasteiger partial charge in [0.2, 0.25) is 0 Å². The maximum Gasteiger partial charge on any atom is 0.326 e. The van der Waals surface area contributed by atoms with Crippen molar-refractivity contribution in [2.24, 2.45) is 11.7 Å². The first-order valence-electron chi connectivity index (χ1n) is 8.00. The number of esters is 1. The number of hydrogen-bond acceptors (Lipinski definition) is 3. The molecule has 3 unspecified atom stereocenters. The minimum Gasteiger partial charge on any atom is -0.461 e. The van der Waals surface area contributed by atoms with Gasteiger partial charge in [0.1, 0.15) is 5.54 Å². The van der Waals surface area contributed by atoms with Crippen molar-refractivity contribution in [2.75, 3.05) is 0 Å². The monoisotopic (exact) mass is 269 g/mol. The summed E-state index contributed by atoms with van der Waals surface area (Å²) in [4.78, 5) is 12.3. The summed E-state index contributed by atoms with van der Waals surface area (Å²) in [5.41, 5.74) is 5.56. The lowest BCUT2D eigenvalue weighted by Gasteiger charge is -2.37. The molecule has 1 rings (SSSR count). The van der Waals surface area contributed by atoms with Crippen LogP contribution in [-0.4, -0.2) is 17.6 Å². The maximum atomic E-state index is 12.3. The Bertz CT molecular complexity index is 280. The van der Waals surface area contributed by atoms with Crippen LogP contribution in [0.4, 0.5) is 0 Å². The first kappa shape index (κ1) is 16.5. The molecule has 0 saturated heterocycles. The second kappa shape index (κ2) is 7.88. The summed E-state index contributed by atoms with van der Waals surface area (Å²) >= 11 is 0. The first-order valence-corrected chi connectivity index (χ1v) is 8.00. The van der Waals surface area contributed by atoms with Gasteiger partial charge in [0.15, 0.2) is 0 Å². The quantitative estimate of drug-likeness (QED) is 0.565. The first-order chi connectivity index (χ1) is 9.00. The van der Waals surface area contributed by atoms with E-state index in [2.05, 4.69) is 13.8 Å². The van der Waals surface area contributed by atoms with E-state index >= 15 is 0 Å². The van der Waals surface area contributed by atoms with E-state index < -0.39 is 5.54 Å². The number of nitrogens with two attached hydrogens (primary N) is 1. The molecule has 0 aliphatic heterocycles. The number of carbonyl (C=O) groups excluding carboxylic acids is 1. The molecular formula is C16H31NO2. The molecule has 19 heavy (non-hydrogen) atoms. The van der Waals surface area contributed by atoms with Gasteiger partial charge < -0.3 is 10.5 Å².